The Labute approximate surface area is 814 Å². The first-order chi connectivity index (χ1) is 67.8. The quantitative estimate of drug-likeness (QED) is 0.0406. The standard InChI is InChI=1S/C134H125NO3/c1-9-13-17-21-47-77-131(78-48-22-18-14-10-2)104-65-43-38-60-95(104)118-120-100-63-41-46-68-113(100)138-128(120)122-97-74-71-91(82-107(97)132(126(122)125(118)131,79-49-23-19-15-11-3)80-50-24-20-16-12-4)135(90-70-73-96-106(81-90)130(7,8)123-117(96)119-99-62-40-45-67-112(99)137-127(119)121-94-59-37-42-64-103(94)129(5,6)124(121)123)92-69-72-93-101-84-110-102(85-109(101)134(108(93)83-92,88-55-33-27-34-56-88)89-57-35-28-36-58-89)115-105(75-76-114-116(115)98-61-39-44-66-111(98)136-114)133(110,86-51-29-25-30-52-86)87-53-31-26-32-54-87/h25-46,51-76,81-85H,9-24,47-50,77-80H2,1-8H3. The van der Waals surface area contributed by atoms with Crippen LogP contribution in [0, 0.1) is 0 Å². The summed E-state index contributed by atoms with van der Waals surface area (Å²) in [6.45, 7) is 19.6. The number of hydrogen-bond donors (Lipinski definition) is 0. The molecule has 0 bridgehead atoms. The van der Waals surface area contributed by atoms with E-state index in [1.165, 1.54) is 277 Å². The predicted molar refractivity (Wildman–Crippen MR) is 579 cm³/mol. The van der Waals surface area contributed by atoms with Crippen LogP contribution >= 0.6 is 0 Å². The molecule has 6 aliphatic rings. The van der Waals surface area contributed by atoms with Crippen molar-refractivity contribution in [3.8, 4) is 66.8 Å². The number of benzene rings is 16. The summed E-state index contributed by atoms with van der Waals surface area (Å²) in [4.78, 5) is 2.76. The minimum atomic E-state index is -0.856. The van der Waals surface area contributed by atoms with Crippen molar-refractivity contribution in [1.29, 1.82) is 0 Å². The molecular weight excluding hydrogens is 1670 g/mol. The molecule has 0 spiro atoms. The van der Waals surface area contributed by atoms with Crippen molar-refractivity contribution in [2.24, 2.45) is 0 Å². The van der Waals surface area contributed by atoms with Crippen LogP contribution in [-0.2, 0) is 32.5 Å². The van der Waals surface area contributed by atoms with Gasteiger partial charge in [-0.15, -0.1) is 0 Å². The van der Waals surface area contributed by atoms with Gasteiger partial charge >= 0.3 is 0 Å². The molecule has 138 heavy (non-hydrogen) atoms. The van der Waals surface area contributed by atoms with Crippen molar-refractivity contribution >= 4 is 82.9 Å². The molecule has 3 heterocycles. The summed E-state index contributed by atoms with van der Waals surface area (Å²) >= 11 is 0. The Hall–Kier alpha value is -13.3. The minimum absolute atomic E-state index is 0.227. The molecule has 3 aromatic heterocycles. The Morgan fingerprint density at radius 3 is 1.07 bits per heavy atom. The van der Waals surface area contributed by atoms with Gasteiger partial charge in [0.2, 0.25) is 0 Å². The van der Waals surface area contributed by atoms with Crippen LogP contribution in [0.1, 0.15) is 299 Å². The Bertz CT molecular complexity index is 7910. The van der Waals surface area contributed by atoms with E-state index < -0.39 is 21.7 Å². The highest BCUT2D eigenvalue weighted by Crippen LogP contribution is 2.71. The van der Waals surface area contributed by atoms with E-state index in [0.29, 0.717) is 0 Å². The van der Waals surface area contributed by atoms with E-state index in [2.05, 4.69) is 382 Å². The fourth-order valence-electron chi connectivity index (χ4n) is 28.5. The van der Waals surface area contributed by atoms with E-state index in [9.17, 15) is 0 Å². The topological polar surface area (TPSA) is 42.7 Å². The van der Waals surface area contributed by atoms with Crippen LogP contribution in [-0.4, -0.2) is 0 Å². The lowest BCUT2D eigenvalue weighted by atomic mass is 9.62. The SMILES string of the molecule is CCCCCCCC1(CCCCCCC)c2cc(N(c3ccc4c(c3)C(C)(C)c3c5c(c6oc7ccccc7c6c3-4)-c3ccccc3C5(C)C)c3ccc4c(c3)C(c3ccccc3)(c3ccccc3)c3cc5c(cc3-4)C(c3ccccc3)(c3ccccc3)c3ccc4oc6ccccc6c4c3-5)ccc2-c2c1c1c(c3c2oc2ccccc23)-c2ccccc2C1(CCCCCCC)CCCCCCC. The Morgan fingerprint density at radius 1 is 0.217 bits per heavy atom. The van der Waals surface area contributed by atoms with Crippen molar-refractivity contribution in [2.45, 2.75) is 242 Å². The van der Waals surface area contributed by atoms with Crippen molar-refractivity contribution in [3.63, 3.8) is 0 Å². The number of nitrogens with zero attached hydrogens (tertiary/aromatic N) is 1. The first kappa shape index (κ1) is 86.3. The maximum absolute atomic E-state index is 7.90. The number of unbranched alkanes of at least 4 members (excludes halogenated alkanes) is 16. The molecule has 25 rings (SSSR count). The largest absolute Gasteiger partial charge is 0.456 e. The molecule has 0 saturated heterocycles. The lowest BCUT2D eigenvalue weighted by Gasteiger charge is -2.40. The van der Waals surface area contributed by atoms with Crippen molar-refractivity contribution in [3.05, 3.63) is 411 Å². The molecule has 684 valence electrons. The van der Waals surface area contributed by atoms with Gasteiger partial charge < -0.3 is 18.2 Å². The molecule has 0 atom stereocenters. The number of anilines is 3. The van der Waals surface area contributed by atoms with Gasteiger partial charge in [0.25, 0.3) is 0 Å². The second kappa shape index (κ2) is 33.8. The van der Waals surface area contributed by atoms with Crippen LogP contribution in [0.2, 0.25) is 0 Å². The molecule has 4 heteroatoms. The molecule has 6 aliphatic carbocycles. The minimum Gasteiger partial charge on any atom is -0.456 e. The van der Waals surface area contributed by atoms with Gasteiger partial charge in [0.1, 0.15) is 33.5 Å². The zero-order chi connectivity index (χ0) is 93.0. The van der Waals surface area contributed by atoms with Gasteiger partial charge in [-0.1, -0.05) is 433 Å². The lowest BCUT2D eigenvalue weighted by Crippen LogP contribution is -2.33. The van der Waals surface area contributed by atoms with Crippen molar-refractivity contribution in [2.75, 3.05) is 4.90 Å². The smallest absolute Gasteiger partial charge is 0.144 e. The van der Waals surface area contributed by atoms with E-state index in [1.807, 2.05) is 0 Å². The van der Waals surface area contributed by atoms with E-state index in [4.69, 9.17) is 13.3 Å². The summed E-state index contributed by atoms with van der Waals surface area (Å²) in [6.07, 6.45) is 28.8. The fraction of sp³-hybridized carbons (Fsp3) is 0.284. The first-order valence-electron chi connectivity index (χ1n) is 52.7. The molecule has 0 fully saturated rings. The maximum Gasteiger partial charge on any atom is 0.144 e. The summed E-state index contributed by atoms with van der Waals surface area (Å²) in [5.41, 5.74) is 43.4. The molecule has 0 amide bonds. The van der Waals surface area contributed by atoms with Crippen LogP contribution in [0.15, 0.2) is 335 Å². The second-order valence-electron chi connectivity index (χ2n) is 42.7. The molecule has 0 aliphatic heterocycles. The van der Waals surface area contributed by atoms with Crippen LogP contribution < -0.4 is 4.90 Å². The van der Waals surface area contributed by atoms with E-state index in [0.717, 1.165) is 99.6 Å². The number of para-hydroxylation sites is 3. The van der Waals surface area contributed by atoms with Crippen LogP contribution in [0.4, 0.5) is 17.1 Å². The summed E-state index contributed by atoms with van der Waals surface area (Å²) in [5, 5.41) is 7.19. The highest BCUT2D eigenvalue weighted by Gasteiger charge is 2.58. The second-order valence-corrected chi connectivity index (χ2v) is 42.7. The normalized spacial score (nSPS) is 15.4. The highest BCUT2D eigenvalue weighted by atomic mass is 16.3. The van der Waals surface area contributed by atoms with Gasteiger partial charge in [0.05, 0.1) is 10.8 Å². The first-order valence-corrected chi connectivity index (χ1v) is 52.7. The Balaban J connectivity index is 0.785. The van der Waals surface area contributed by atoms with Gasteiger partial charge in [0, 0.05) is 82.2 Å². The Morgan fingerprint density at radius 2 is 0.558 bits per heavy atom. The average molecular weight is 1800 g/mol. The van der Waals surface area contributed by atoms with Gasteiger partial charge in [0.15, 0.2) is 0 Å². The van der Waals surface area contributed by atoms with Gasteiger partial charge in [-0.25, -0.2) is 0 Å². The van der Waals surface area contributed by atoms with E-state index in [1.54, 1.807) is 16.7 Å². The molecule has 4 nitrogen and oxygen atoms in total. The number of hydrogen-bond acceptors (Lipinski definition) is 4. The third kappa shape index (κ3) is 12.5. The molecule has 0 radical (unpaired) electrons. The van der Waals surface area contributed by atoms with E-state index in [-0.39, 0.29) is 10.8 Å². The Kier molecular flexibility index (Phi) is 21.2. The zero-order valence-electron chi connectivity index (χ0n) is 81.7. The number of furan rings is 3. The predicted octanol–water partition coefficient (Wildman–Crippen LogP) is 38.2. The van der Waals surface area contributed by atoms with Crippen LogP contribution in [0.5, 0.6) is 0 Å². The maximum atomic E-state index is 7.90. The number of rotatable bonds is 31. The van der Waals surface area contributed by atoms with Crippen molar-refractivity contribution in [1.82, 2.24) is 0 Å². The summed E-state index contributed by atoms with van der Waals surface area (Å²) in [7, 11) is 0. The van der Waals surface area contributed by atoms with Gasteiger partial charge in [-0.3, -0.25) is 0 Å². The molecule has 0 saturated carbocycles. The fourth-order valence-corrected chi connectivity index (χ4v) is 28.5. The summed E-state index contributed by atoms with van der Waals surface area (Å²) in [6, 6.07) is 126. The van der Waals surface area contributed by atoms with Crippen LogP contribution in [0.25, 0.3) is 133 Å². The molecule has 19 aromatic rings. The third-order valence-corrected chi connectivity index (χ3v) is 34.5. The van der Waals surface area contributed by atoms with Crippen LogP contribution in [0.3, 0.4) is 0 Å². The van der Waals surface area contributed by atoms with Gasteiger partial charge in [-0.05, 0) is 243 Å². The molecular formula is C134H125NO3. The zero-order valence-corrected chi connectivity index (χ0v) is 81.7. The summed E-state index contributed by atoms with van der Waals surface area (Å²) in [5.74, 6) is 0. The molecule has 0 unspecified atom stereocenters. The van der Waals surface area contributed by atoms with Crippen molar-refractivity contribution < 1.29 is 13.3 Å². The summed E-state index contributed by atoms with van der Waals surface area (Å²) < 4.78 is 22.3. The molecule has 16 aromatic carbocycles. The van der Waals surface area contributed by atoms with Gasteiger partial charge in [-0.2, -0.15) is 0 Å². The highest BCUT2D eigenvalue weighted by molar-refractivity contribution is 6.23. The third-order valence-electron chi connectivity index (χ3n) is 34.5. The monoisotopic (exact) mass is 1800 g/mol. The van der Waals surface area contributed by atoms with E-state index >= 15 is 0 Å². The lowest BCUT2D eigenvalue weighted by molar-refractivity contribution is 0.369. The average Bonchev–Trinajstić information content (AvgIpc) is 1.50. The molecule has 0 N–H and O–H groups in total. The number of fused-ring (bicyclic) bond motifs is 34.